The third kappa shape index (κ3) is 4.10. The molecule has 8 heteroatoms. The third-order valence-electron chi connectivity index (χ3n) is 6.93. The second kappa shape index (κ2) is 7.83. The summed E-state index contributed by atoms with van der Waals surface area (Å²) in [6.45, 7) is 7.72. The van der Waals surface area contributed by atoms with Crippen LogP contribution in [0.25, 0.3) is 16.8 Å². The molecule has 0 radical (unpaired) electrons. The van der Waals surface area contributed by atoms with Crippen LogP contribution in [0, 0.1) is 10.8 Å². The number of rotatable bonds is 4. The maximum atomic E-state index is 13.9. The van der Waals surface area contributed by atoms with Gasteiger partial charge in [0.05, 0.1) is 12.8 Å². The van der Waals surface area contributed by atoms with E-state index in [0.717, 1.165) is 36.9 Å². The van der Waals surface area contributed by atoms with Crippen LogP contribution in [0.3, 0.4) is 0 Å². The Bertz CT molecular complexity index is 1210. The Balaban J connectivity index is 1.60. The highest BCUT2D eigenvalue weighted by atomic mass is 35.5. The number of carbonyl (C=O) groups is 1. The Morgan fingerprint density at radius 2 is 1.97 bits per heavy atom. The summed E-state index contributed by atoms with van der Waals surface area (Å²) in [5.41, 5.74) is 3.33. The highest BCUT2D eigenvalue weighted by molar-refractivity contribution is 6.31. The molecule has 1 amide bonds. The fourth-order valence-electron chi connectivity index (χ4n) is 6.07. The zero-order chi connectivity index (χ0) is 23.4. The van der Waals surface area contributed by atoms with Gasteiger partial charge >= 0.3 is 0 Å². The minimum Gasteiger partial charge on any atom is -0.496 e. The number of methoxy groups -OCH3 is 1. The van der Waals surface area contributed by atoms with Crippen LogP contribution in [0.2, 0.25) is 5.02 Å². The number of halogens is 1. The number of ether oxygens (including phenoxy) is 1. The maximum Gasteiger partial charge on any atom is 0.254 e. The van der Waals surface area contributed by atoms with E-state index in [1.807, 2.05) is 30.3 Å². The predicted molar refractivity (Wildman–Crippen MR) is 127 cm³/mol. The molecule has 172 valence electrons. The van der Waals surface area contributed by atoms with E-state index in [2.05, 4.69) is 41.2 Å². The zero-order valence-corrected chi connectivity index (χ0v) is 20.1. The van der Waals surface area contributed by atoms with Crippen LogP contribution in [0.5, 0.6) is 5.75 Å². The Morgan fingerprint density at radius 1 is 1.15 bits per heavy atom. The standard InChI is InChI=1S/C25H28ClN5O2/c1-24(2)11-20-12-25(3,13-24)14-30(20)23(32)17-7-16(8-19(9-17)31-15-27-28-29-31)21-10-18(26)5-6-22(21)33-4/h5-10,15,20H,11-14H2,1-4H3/t20-,25-/m0/s1. The molecule has 2 fully saturated rings. The van der Waals surface area contributed by atoms with Crippen LogP contribution in [-0.2, 0) is 0 Å². The first-order chi connectivity index (χ1) is 15.7. The number of amides is 1. The van der Waals surface area contributed by atoms with Crippen LogP contribution >= 0.6 is 11.6 Å². The highest BCUT2D eigenvalue weighted by Gasteiger charge is 2.51. The number of tetrazole rings is 1. The van der Waals surface area contributed by atoms with Crippen molar-refractivity contribution in [2.75, 3.05) is 13.7 Å². The van der Waals surface area contributed by atoms with Crippen LogP contribution in [-0.4, -0.2) is 50.7 Å². The maximum absolute atomic E-state index is 13.9. The van der Waals surface area contributed by atoms with Crippen molar-refractivity contribution in [3.8, 4) is 22.6 Å². The number of benzene rings is 2. The topological polar surface area (TPSA) is 73.1 Å². The van der Waals surface area contributed by atoms with Gasteiger partial charge in [0, 0.05) is 28.7 Å². The van der Waals surface area contributed by atoms with Gasteiger partial charge in [-0.25, -0.2) is 4.68 Å². The smallest absolute Gasteiger partial charge is 0.254 e. The van der Waals surface area contributed by atoms with Crippen LogP contribution in [0.4, 0.5) is 0 Å². The lowest BCUT2D eigenvalue weighted by molar-refractivity contribution is 0.0708. The summed E-state index contributed by atoms with van der Waals surface area (Å²) in [5, 5.41) is 12.1. The Morgan fingerprint density at radius 3 is 2.70 bits per heavy atom. The van der Waals surface area contributed by atoms with Crippen molar-refractivity contribution in [2.45, 2.75) is 46.1 Å². The molecule has 2 heterocycles. The number of carbonyl (C=O) groups excluding carboxylic acids is 1. The molecule has 0 N–H and O–H groups in total. The summed E-state index contributed by atoms with van der Waals surface area (Å²) in [6, 6.07) is 11.4. The lowest BCUT2D eigenvalue weighted by Crippen LogP contribution is -2.37. The minimum absolute atomic E-state index is 0.0404. The number of likely N-dealkylation sites (tertiary alicyclic amines) is 1. The quantitative estimate of drug-likeness (QED) is 0.540. The largest absolute Gasteiger partial charge is 0.496 e. The van der Waals surface area contributed by atoms with E-state index in [1.54, 1.807) is 17.9 Å². The summed E-state index contributed by atoms with van der Waals surface area (Å²) in [7, 11) is 1.62. The van der Waals surface area contributed by atoms with Crippen LogP contribution in [0.15, 0.2) is 42.7 Å². The molecule has 0 spiro atoms. The average molecular weight is 466 g/mol. The molecule has 5 rings (SSSR count). The molecule has 3 aromatic rings. The summed E-state index contributed by atoms with van der Waals surface area (Å²) >= 11 is 6.30. The second-order valence-corrected chi connectivity index (χ2v) is 11.0. The number of nitrogens with zero attached hydrogens (tertiary/aromatic N) is 5. The molecule has 1 aromatic heterocycles. The molecular weight excluding hydrogens is 438 g/mol. The van der Waals surface area contributed by atoms with E-state index in [0.29, 0.717) is 22.0 Å². The van der Waals surface area contributed by atoms with Crippen molar-refractivity contribution in [1.82, 2.24) is 25.1 Å². The molecule has 1 aliphatic heterocycles. The summed E-state index contributed by atoms with van der Waals surface area (Å²) < 4.78 is 7.14. The summed E-state index contributed by atoms with van der Waals surface area (Å²) in [5.74, 6) is 0.719. The fraction of sp³-hybridized carbons (Fsp3) is 0.440. The number of aromatic nitrogens is 4. The molecule has 2 bridgehead atoms. The molecule has 1 saturated heterocycles. The predicted octanol–water partition coefficient (Wildman–Crippen LogP) is 5.03. The van der Waals surface area contributed by atoms with E-state index in [9.17, 15) is 4.79 Å². The van der Waals surface area contributed by atoms with E-state index < -0.39 is 0 Å². The first kappa shape index (κ1) is 21.9. The highest BCUT2D eigenvalue weighted by Crippen LogP contribution is 2.52. The molecule has 2 aromatic carbocycles. The van der Waals surface area contributed by atoms with Gasteiger partial charge in [0.2, 0.25) is 0 Å². The van der Waals surface area contributed by atoms with Gasteiger partial charge in [0.1, 0.15) is 12.1 Å². The first-order valence-corrected chi connectivity index (χ1v) is 11.6. The SMILES string of the molecule is COc1ccc(Cl)cc1-c1cc(C(=O)N2C[C@@]3(C)C[C@@H]2CC(C)(C)C3)cc(-n2cnnn2)c1. The summed E-state index contributed by atoms with van der Waals surface area (Å²) in [6.07, 6.45) is 4.74. The molecule has 2 atom stereocenters. The first-order valence-electron chi connectivity index (χ1n) is 11.2. The fourth-order valence-corrected chi connectivity index (χ4v) is 6.24. The van der Waals surface area contributed by atoms with Crippen molar-refractivity contribution >= 4 is 17.5 Å². The summed E-state index contributed by atoms with van der Waals surface area (Å²) in [4.78, 5) is 16.0. The van der Waals surface area contributed by atoms with E-state index in [-0.39, 0.29) is 22.8 Å². The van der Waals surface area contributed by atoms with Crippen LogP contribution < -0.4 is 4.74 Å². The van der Waals surface area contributed by atoms with Gasteiger partial charge in [-0.2, -0.15) is 0 Å². The Hall–Kier alpha value is -2.93. The Kier molecular flexibility index (Phi) is 5.20. The van der Waals surface area contributed by atoms with E-state index >= 15 is 0 Å². The minimum atomic E-state index is 0.0404. The van der Waals surface area contributed by atoms with Crippen molar-refractivity contribution in [3.63, 3.8) is 0 Å². The average Bonchev–Trinajstić information content (AvgIpc) is 3.38. The molecule has 1 saturated carbocycles. The lowest BCUT2D eigenvalue weighted by atomic mass is 9.65. The number of fused-ring (bicyclic) bond motifs is 2. The molecule has 2 aliphatic rings. The normalized spacial score (nSPS) is 23.5. The van der Waals surface area contributed by atoms with Gasteiger partial charge in [-0.3, -0.25) is 4.79 Å². The molecule has 33 heavy (non-hydrogen) atoms. The van der Waals surface area contributed by atoms with Gasteiger partial charge in [0.15, 0.2) is 0 Å². The van der Waals surface area contributed by atoms with E-state index in [4.69, 9.17) is 16.3 Å². The van der Waals surface area contributed by atoms with Crippen LogP contribution in [0.1, 0.15) is 50.4 Å². The second-order valence-electron chi connectivity index (χ2n) is 10.5. The number of hydrogen-bond acceptors (Lipinski definition) is 5. The number of hydrogen-bond donors (Lipinski definition) is 0. The zero-order valence-electron chi connectivity index (χ0n) is 19.4. The van der Waals surface area contributed by atoms with Crippen molar-refractivity contribution in [1.29, 1.82) is 0 Å². The van der Waals surface area contributed by atoms with Gasteiger partial charge in [-0.1, -0.05) is 32.4 Å². The lowest BCUT2D eigenvalue weighted by Gasteiger charge is -2.39. The van der Waals surface area contributed by atoms with Gasteiger partial charge < -0.3 is 9.64 Å². The molecule has 0 unspecified atom stereocenters. The van der Waals surface area contributed by atoms with Gasteiger partial charge in [-0.05, 0) is 82.5 Å². The van der Waals surface area contributed by atoms with Crippen molar-refractivity contribution in [2.24, 2.45) is 10.8 Å². The van der Waals surface area contributed by atoms with Crippen molar-refractivity contribution < 1.29 is 9.53 Å². The molecule has 1 aliphatic carbocycles. The Labute approximate surface area is 198 Å². The third-order valence-corrected chi connectivity index (χ3v) is 7.16. The van der Waals surface area contributed by atoms with Gasteiger partial charge in [-0.15, -0.1) is 5.10 Å². The molecular formula is C25H28ClN5O2. The monoisotopic (exact) mass is 465 g/mol. The van der Waals surface area contributed by atoms with Crippen molar-refractivity contribution in [3.05, 3.63) is 53.3 Å². The van der Waals surface area contributed by atoms with E-state index in [1.165, 1.54) is 6.33 Å². The molecule has 7 nitrogen and oxygen atoms in total. The van der Waals surface area contributed by atoms with Gasteiger partial charge in [0.25, 0.3) is 5.91 Å².